The van der Waals surface area contributed by atoms with E-state index in [-0.39, 0.29) is 5.91 Å². The summed E-state index contributed by atoms with van der Waals surface area (Å²) in [4.78, 5) is 30.0. The van der Waals surface area contributed by atoms with Gasteiger partial charge in [-0.15, -0.1) is 23.1 Å². The molecule has 1 atom stereocenters. The van der Waals surface area contributed by atoms with Gasteiger partial charge in [0.15, 0.2) is 0 Å². The highest BCUT2D eigenvalue weighted by Gasteiger charge is 2.40. The fourth-order valence-corrected chi connectivity index (χ4v) is 6.22. The standard InChI is InChI=1S/C26H33N5OS2/c1-18(3-7-23-28-14-20(33-2)15-29-23)4-8-24-30-21-6-5-19(13-22(21)34-24)25(32)31-11-9-26(10-12-31)16-27-17-26/h5-6,13-15,18,27H,3-4,7-12,16-17H2,1-2H3/t18-/m0/s1. The number of thioether (sulfide) groups is 1. The molecule has 1 amide bonds. The lowest BCUT2D eigenvalue weighted by molar-refractivity contribution is 0.0415. The summed E-state index contributed by atoms with van der Waals surface area (Å²) in [7, 11) is 0. The van der Waals surface area contributed by atoms with Crippen molar-refractivity contribution in [2.24, 2.45) is 11.3 Å². The minimum Gasteiger partial charge on any atom is -0.339 e. The van der Waals surface area contributed by atoms with E-state index in [1.165, 1.54) is 0 Å². The lowest BCUT2D eigenvalue weighted by Gasteiger charge is -2.48. The summed E-state index contributed by atoms with van der Waals surface area (Å²) in [6.45, 7) is 6.27. The quantitative estimate of drug-likeness (QED) is 0.451. The van der Waals surface area contributed by atoms with E-state index in [1.54, 1.807) is 23.1 Å². The fraction of sp³-hybridized carbons (Fsp3) is 0.538. The fourth-order valence-electron chi connectivity index (χ4n) is 4.88. The molecule has 2 aliphatic heterocycles. The molecule has 1 spiro atoms. The molecule has 0 unspecified atom stereocenters. The minimum absolute atomic E-state index is 0.167. The Morgan fingerprint density at radius 1 is 1.18 bits per heavy atom. The van der Waals surface area contributed by atoms with Gasteiger partial charge in [0.05, 0.1) is 15.2 Å². The highest BCUT2D eigenvalue weighted by molar-refractivity contribution is 7.98. The van der Waals surface area contributed by atoms with Crippen LogP contribution in [0.3, 0.4) is 0 Å². The molecular formula is C26H33N5OS2. The number of hydrogen-bond acceptors (Lipinski definition) is 7. The molecule has 0 saturated carbocycles. The predicted molar refractivity (Wildman–Crippen MR) is 140 cm³/mol. The van der Waals surface area contributed by atoms with Crippen molar-refractivity contribution < 1.29 is 4.79 Å². The number of nitrogens with one attached hydrogen (secondary N) is 1. The van der Waals surface area contributed by atoms with Gasteiger partial charge >= 0.3 is 0 Å². The van der Waals surface area contributed by atoms with E-state index >= 15 is 0 Å². The zero-order valence-electron chi connectivity index (χ0n) is 20.0. The lowest BCUT2D eigenvalue weighted by atomic mass is 9.73. The van der Waals surface area contributed by atoms with Gasteiger partial charge in [-0.05, 0) is 67.9 Å². The third-order valence-corrected chi connectivity index (χ3v) is 9.18. The number of carbonyl (C=O) groups is 1. The summed E-state index contributed by atoms with van der Waals surface area (Å²) in [5.74, 6) is 1.68. The number of hydrogen-bond donors (Lipinski definition) is 1. The summed E-state index contributed by atoms with van der Waals surface area (Å²) in [6, 6.07) is 6.02. The van der Waals surface area contributed by atoms with Gasteiger partial charge in [-0.1, -0.05) is 6.92 Å². The topological polar surface area (TPSA) is 71.0 Å². The van der Waals surface area contributed by atoms with Gasteiger partial charge in [0, 0.05) is 55.5 Å². The molecule has 2 fully saturated rings. The van der Waals surface area contributed by atoms with Gasteiger partial charge in [0.1, 0.15) is 5.82 Å². The number of carbonyl (C=O) groups excluding carboxylic acids is 1. The zero-order valence-corrected chi connectivity index (χ0v) is 21.7. The van der Waals surface area contributed by atoms with Crippen molar-refractivity contribution in [2.75, 3.05) is 32.4 Å². The smallest absolute Gasteiger partial charge is 0.253 e. The Bertz CT molecular complexity index is 1130. The van der Waals surface area contributed by atoms with E-state index in [0.717, 1.165) is 96.2 Å². The van der Waals surface area contributed by atoms with E-state index in [1.807, 2.05) is 41.7 Å². The monoisotopic (exact) mass is 495 g/mol. The maximum atomic E-state index is 13.1. The van der Waals surface area contributed by atoms with Gasteiger partial charge in [0.25, 0.3) is 5.91 Å². The minimum atomic E-state index is 0.167. The van der Waals surface area contributed by atoms with Crippen LogP contribution in [0.4, 0.5) is 0 Å². The Hall–Kier alpha value is -2.03. The second-order valence-corrected chi connectivity index (χ2v) is 11.9. The van der Waals surface area contributed by atoms with Crippen molar-refractivity contribution in [2.45, 2.75) is 50.3 Å². The number of nitrogens with zero attached hydrogens (tertiary/aromatic N) is 4. The lowest BCUT2D eigenvalue weighted by Crippen LogP contribution is -2.58. The van der Waals surface area contributed by atoms with Crippen LogP contribution in [0, 0.1) is 11.3 Å². The summed E-state index contributed by atoms with van der Waals surface area (Å²) in [5, 5.41) is 4.55. The van der Waals surface area contributed by atoms with Crippen LogP contribution in [0.2, 0.25) is 0 Å². The first-order valence-corrected chi connectivity index (χ1v) is 14.3. The molecule has 0 radical (unpaired) electrons. The maximum absolute atomic E-state index is 13.1. The molecule has 1 aromatic carbocycles. The summed E-state index contributed by atoms with van der Waals surface area (Å²) < 4.78 is 1.12. The largest absolute Gasteiger partial charge is 0.339 e. The average molecular weight is 496 g/mol. The molecule has 2 aromatic heterocycles. The molecule has 2 saturated heterocycles. The summed E-state index contributed by atoms with van der Waals surface area (Å²) >= 11 is 3.40. The van der Waals surface area contributed by atoms with Crippen LogP contribution in [0.25, 0.3) is 10.2 Å². The number of piperidine rings is 1. The van der Waals surface area contributed by atoms with Gasteiger partial charge in [0.2, 0.25) is 0 Å². The van der Waals surface area contributed by atoms with Crippen LogP contribution in [0.15, 0.2) is 35.5 Å². The number of thiazole rings is 1. The molecule has 34 heavy (non-hydrogen) atoms. The summed E-state index contributed by atoms with van der Waals surface area (Å²) in [5.41, 5.74) is 2.26. The van der Waals surface area contributed by atoms with Crippen molar-refractivity contribution in [3.05, 3.63) is 47.0 Å². The maximum Gasteiger partial charge on any atom is 0.253 e. The SMILES string of the molecule is CSc1cnc(CC[C@H](C)CCc2nc3ccc(C(=O)N4CCC5(CC4)CNC5)cc3s2)nc1. The van der Waals surface area contributed by atoms with Crippen molar-refractivity contribution in [3.8, 4) is 0 Å². The van der Waals surface area contributed by atoms with Gasteiger partial charge in [-0.2, -0.15) is 0 Å². The number of benzene rings is 1. The van der Waals surface area contributed by atoms with E-state index in [4.69, 9.17) is 4.98 Å². The van der Waals surface area contributed by atoms with Crippen LogP contribution in [0.5, 0.6) is 0 Å². The molecule has 5 rings (SSSR count). The van der Waals surface area contributed by atoms with Crippen LogP contribution < -0.4 is 5.32 Å². The second kappa shape index (κ2) is 10.3. The predicted octanol–water partition coefficient (Wildman–Crippen LogP) is 4.84. The first-order chi connectivity index (χ1) is 16.5. The number of aromatic nitrogens is 3. The molecule has 0 aliphatic carbocycles. The van der Waals surface area contributed by atoms with Crippen molar-refractivity contribution >= 4 is 39.2 Å². The molecule has 6 nitrogen and oxygen atoms in total. The van der Waals surface area contributed by atoms with Crippen molar-refractivity contribution in [1.82, 2.24) is 25.2 Å². The number of rotatable bonds is 8. The van der Waals surface area contributed by atoms with E-state index in [9.17, 15) is 4.79 Å². The Labute approximate surface area is 210 Å². The van der Waals surface area contributed by atoms with Gasteiger partial charge in [-0.25, -0.2) is 15.0 Å². The van der Waals surface area contributed by atoms with Crippen LogP contribution in [-0.4, -0.2) is 58.2 Å². The van der Waals surface area contributed by atoms with Crippen LogP contribution in [0.1, 0.15) is 53.8 Å². The molecule has 8 heteroatoms. The van der Waals surface area contributed by atoms with Crippen molar-refractivity contribution in [1.29, 1.82) is 0 Å². The molecule has 180 valence electrons. The Morgan fingerprint density at radius 2 is 1.91 bits per heavy atom. The highest BCUT2D eigenvalue weighted by Crippen LogP contribution is 2.35. The van der Waals surface area contributed by atoms with Crippen LogP contribution >= 0.6 is 23.1 Å². The molecule has 0 bridgehead atoms. The Balaban J connectivity index is 1.14. The van der Waals surface area contributed by atoms with E-state index < -0.39 is 0 Å². The van der Waals surface area contributed by atoms with E-state index in [0.29, 0.717) is 11.3 Å². The third-order valence-electron chi connectivity index (χ3n) is 7.42. The summed E-state index contributed by atoms with van der Waals surface area (Å²) in [6.07, 6.45) is 12.1. The van der Waals surface area contributed by atoms with E-state index in [2.05, 4.69) is 22.2 Å². The Kier molecular flexibility index (Phi) is 7.18. The van der Waals surface area contributed by atoms with Crippen LogP contribution in [-0.2, 0) is 12.8 Å². The first kappa shape index (κ1) is 23.7. The molecule has 3 aromatic rings. The Morgan fingerprint density at radius 3 is 2.59 bits per heavy atom. The molecule has 1 N–H and O–H groups in total. The molecule has 4 heterocycles. The van der Waals surface area contributed by atoms with Gasteiger partial charge < -0.3 is 10.2 Å². The normalized spacial score (nSPS) is 18.2. The highest BCUT2D eigenvalue weighted by atomic mass is 32.2. The van der Waals surface area contributed by atoms with Crippen molar-refractivity contribution in [3.63, 3.8) is 0 Å². The molecule has 2 aliphatic rings. The number of likely N-dealkylation sites (tertiary alicyclic amines) is 1. The average Bonchev–Trinajstić information content (AvgIpc) is 3.27. The number of aryl methyl sites for hydroxylation is 2. The number of fused-ring (bicyclic) bond motifs is 1. The first-order valence-electron chi connectivity index (χ1n) is 12.3. The second-order valence-electron chi connectivity index (χ2n) is 9.91. The van der Waals surface area contributed by atoms with Gasteiger partial charge in [-0.3, -0.25) is 4.79 Å². The zero-order chi connectivity index (χ0) is 23.5. The number of amides is 1. The molecular weight excluding hydrogens is 462 g/mol. The third kappa shape index (κ3) is 5.29.